The van der Waals surface area contributed by atoms with Crippen molar-refractivity contribution in [3.8, 4) is 34.8 Å². The topological polar surface area (TPSA) is 0 Å². The Labute approximate surface area is 140 Å². The molecule has 0 rings (SSSR count). The average Bonchev–Trinajstić information content (AvgIpc) is 2.24. The maximum atomic E-state index is 5.64. The number of hydrogen-bond donors (Lipinski definition) is 0. The van der Waals surface area contributed by atoms with E-state index in [0.29, 0.717) is 16.6 Å². The van der Waals surface area contributed by atoms with Crippen molar-refractivity contribution in [1.29, 1.82) is 0 Å². The van der Waals surface area contributed by atoms with Crippen LogP contribution in [0.25, 0.3) is 0 Å². The molecule has 0 radical (unpaired) electrons. The first-order valence-corrected chi connectivity index (χ1v) is 13.9. The summed E-state index contributed by atoms with van der Waals surface area (Å²) in [5.74, 6) is 11.0. The Bertz CT molecular complexity index is 475. The molecule has 0 bridgehead atoms. The summed E-state index contributed by atoms with van der Waals surface area (Å²) in [4.78, 5) is 0. The Balaban J connectivity index is 5.29. The van der Waals surface area contributed by atoms with E-state index in [-0.39, 0.29) is 0 Å². The summed E-state index contributed by atoms with van der Waals surface area (Å²) in [6, 6.07) is -2.89. The van der Waals surface area contributed by atoms with Crippen molar-refractivity contribution in [2.45, 2.75) is 58.2 Å². The Hall–Kier alpha value is -0.0162. The number of rotatable bonds is 3. The monoisotopic (exact) mass is 362 g/mol. The fraction of sp³-hybridized carbons (Fsp3) is 0.600. The van der Waals surface area contributed by atoms with Crippen molar-refractivity contribution in [2.24, 2.45) is 0 Å². The third-order valence-corrected chi connectivity index (χ3v) is 11.1. The van der Waals surface area contributed by atoms with Crippen molar-refractivity contribution >= 4 is 47.3 Å². The van der Waals surface area contributed by atoms with E-state index in [1.807, 2.05) is 0 Å². The van der Waals surface area contributed by atoms with Crippen LogP contribution in [0.5, 0.6) is 0 Å². The first kappa shape index (κ1) is 20.0. The van der Waals surface area contributed by atoms with Gasteiger partial charge in [-0.25, -0.2) is 0 Å². The van der Waals surface area contributed by atoms with E-state index in [0.717, 1.165) is 0 Å². The molecular weight excluding hydrogens is 343 g/mol. The average molecular weight is 364 g/mol. The van der Waals surface area contributed by atoms with Crippen LogP contribution in [-0.4, -0.2) is 14.1 Å². The molecule has 0 N–H and O–H groups in total. The molecule has 0 fully saturated rings. The molecule has 0 aliphatic carbocycles. The second kappa shape index (κ2) is 8.43. The molecule has 0 saturated carbocycles. The van der Waals surface area contributed by atoms with Crippen molar-refractivity contribution in [3.05, 3.63) is 0 Å². The predicted molar refractivity (Wildman–Crippen MR) is 97.7 cm³/mol. The van der Waals surface area contributed by atoms with Gasteiger partial charge in [0, 0.05) is 0 Å². The maximum Gasteiger partial charge on any atom is 0.423 e. The summed E-state index contributed by atoms with van der Waals surface area (Å²) in [6.45, 7) is 13.6. The molecule has 0 atom stereocenters. The lowest BCUT2D eigenvalue weighted by atomic mass is 10.5. The van der Waals surface area contributed by atoms with Gasteiger partial charge in [-0.1, -0.05) is 47.1 Å². The first-order valence-electron chi connectivity index (χ1n) is 6.65. The lowest BCUT2D eigenvalue weighted by Gasteiger charge is -2.37. The summed E-state index contributed by atoms with van der Waals surface area (Å²) < 4.78 is 0. The van der Waals surface area contributed by atoms with E-state index in [1.165, 1.54) is 0 Å². The van der Waals surface area contributed by atoms with E-state index >= 15 is 0 Å². The SMILES string of the molecule is CC(C)[Si](C#CC#CC#C[Si](Cl)(Cl)Cl)(C(C)C)C(C)C. The molecule has 0 amide bonds. The number of halogens is 3. The summed E-state index contributed by atoms with van der Waals surface area (Å²) in [5, 5.41) is 0. The van der Waals surface area contributed by atoms with Gasteiger partial charge in [-0.3, -0.25) is 0 Å². The Morgan fingerprint density at radius 1 is 0.600 bits per heavy atom. The second-order valence-corrected chi connectivity index (χ2v) is 19.3. The Morgan fingerprint density at radius 2 is 0.950 bits per heavy atom. The smallest absolute Gasteiger partial charge is 0.116 e. The highest BCUT2D eigenvalue weighted by Gasteiger charge is 2.41. The molecule has 0 aromatic rings. The van der Waals surface area contributed by atoms with Crippen molar-refractivity contribution in [3.63, 3.8) is 0 Å². The minimum Gasteiger partial charge on any atom is -0.116 e. The van der Waals surface area contributed by atoms with Crippen LogP contribution in [0, 0.1) is 34.8 Å². The quantitative estimate of drug-likeness (QED) is 0.357. The highest BCUT2D eigenvalue weighted by Crippen LogP contribution is 2.40. The summed E-state index contributed by atoms with van der Waals surface area (Å²) in [7, 11) is -1.71. The molecule has 0 saturated heterocycles. The first-order chi connectivity index (χ1) is 9.04. The summed E-state index contributed by atoms with van der Waals surface area (Å²) in [6.07, 6.45) is 0. The molecular formula is C15H21Cl3Si2. The zero-order valence-corrected chi connectivity index (χ0v) is 17.1. The van der Waals surface area contributed by atoms with Gasteiger partial charge in [-0.2, -0.15) is 0 Å². The highest BCUT2D eigenvalue weighted by atomic mass is 35.8. The van der Waals surface area contributed by atoms with Gasteiger partial charge in [0.05, 0.1) is 0 Å². The van der Waals surface area contributed by atoms with Crippen LogP contribution in [0.4, 0.5) is 0 Å². The van der Waals surface area contributed by atoms with Crippen LogP contribution in [0.15, 0.2) is 0 Å². The fourth-order valence-corrected chi connectivity index (χ4v) is 8.51. The molecule has 0 spiro atoms. The third-order valence-electron chi connectivity index (χ3n) is 3.54. The maximum absolute atomic E-state index is 5.64. The van der Waals surface area contributed by atoms with Crippen molar-refractivity contribution in [2.75, 3.05) is 0 Å². The highest BCUT2D eigenvalue weighted by molar-refractivity contribution is 7.67. The molecule has 0 aliphatic heterocycles. The fourth-order valence-electron chi connectivity index (χ4n) is 2.74. The van der Waals surface area contributed by atoms with E-state index in [9.17, 15) is 0 Å². The van der Waals surface area contributed by atoms with Crippen LogP contribution >= 0.6 is 33.2 Å². The molecule has 0 aromatic heterocycles. The van der Waals surface area contributed by atoms with Crippen molar-refractivity contribution < 1.29 is 0 Å². The third kappa shape index (κ3) is 6.18. The molecule has 0 heterocycles. The minimum absolute atomic E-state index is 0.594. The lowest BCUT2D eigenvalue weighted by Crippen LogP contribution is -2.43. The Morgan fingerprint density at radius 3 is 1.25 bits per heavy atom. The van der Waals surface area contributed by atoms with Gasteiger partial charge >= 0.3 is 6.00 Å². The molecule has 20 heavy (non-hydrogen) atoms. The largest absolute Gasteiger partial charge is 0.423 e. The normalized spacial score (nSPS) is 11.4. The van der Waals surface area contributed by atoms with Crippen LogP contribution in [0.2, 0.25) is 16.6 Å². The van der Waals surface area contributed by atoms with Crippen LogP contribution in [-0.2, 0) is 0 Å². The summed E-state index contributed by atoms with van der Waals surface area (Å²) in [5.41, 5.74) is 7.81. The van der Waals surface area contributed by atoms with Gasteiger partial charge in [-0.15, -0.1) is 38.8 Å². The standard InChI is InChI=1S/C15H21Cl3Si2/c1-13(2)19(14(3)4,15(5)6)11-9-7-8-10-12-20(16,17)18/h13-15H,1-6H3. The number of hydrogen-bond acceptors (Lipinski definition) is 0. The van der Waals surface area contributed by atoms with Gasteiger partial charge in [0.25, 0.3) is 0 Å². The van der Waals surface area contributed by atoms with E-state index in [1.54, 1.807) is 0 Å². The zero-order chi connectivity index (χ0) is 16.0. The van der Waals surface area contributed by atoms with Crippen LogP contribution < -0.4 is 0 Å². The van der Waals surface area contributed by atoms with Crippen LogP contribution in [0.1, 0.15) is 41.5 Å². The second-order valence-electron chi connectivity index (χ2n) is 5.64. The minimum atomic E-state index is -2.89. The lowest BCUT2D eigenvalue weighted by molar-refractivity contribution is 0.838. The predicted octanol–water partition coefficient (Wildman–Crippen LogP) is 5.41. The molecule has 0 aromatic carbocycles. The molecule has 5 heteroatoms. The van der Waals surface area contributed by atoms with E-state index in [2.05, 4.69) is 76.3 Å². The van der Waals surface area contributed by atoms with Gasteiger partial charge in [0.1, 0.15) is 8.07 Å². The van der Waals surface area contributed by atoms with Gasteiger partial charge in [0.2, 0.25) is 0 Å². The summed E-state index contributed by atoms with van der Waals surface area (Å²) >= 11 is 16.9. The van der Waals surface area contributed by atoms with Gasteiger partial charge in [0.15, 0.2) is 0 Å². The Kier molecular flexibility index (Phi) is 8.43. The molecule has 0 aliphatic rings. The molecule has 0 unspecified atom stereocenters. The van der Waals surface area contributed by atoms with E-state index < -0.39 is 14.1 Å². The van der Waals surface area contributed by atoms with E-state index in [4.69, 9.17) is 33.2 Å². The van der Waals surface area contributed by atoms with Gasteiger partial charge in [-0.05, 0) is 40.3 Å². The van der Waals surface area contributed by atoms with Crippen molar-refractivity contribution in [1.82, 2.24) is 0 Å². The van der Waals surface area contributed by atoms with Crippen LogP contribution in [0.3, 0.4) is 0 Å². The molecule has 110 valence electrons. The molecule has 0 nitrogen and oxygen atoms in total. The van der Waals surface area contributed by atoms with Gasteiger partial charge < -0.3 is 0 Å². The zero-order valence-electron chi connectivity index (χ0n) is 12.9.